The molecule has 5 heteroatoms. The Kier molecular flexibility index (Phi) is 3.22. The van der Waals surface area contributed by atoms with Crippen molar-refractivity contribution in [3.05, 3.63) is 54.1 Å². The Labute approximate surface area is 97.3 Å². The van der Waals surface area contributed by atoms with Gasteiger partial charge in [0.2, 0.25) is 0 Å². The highest BCUT2D eigenvalue weighted by Gasteiger charge is 2.12. The minimum Gasteiger partial charge on any atom is -0.423 e. The summed E-state index contributed by atoms with van der Waals surface area (Å²) in [6, 6.07) is 9.84. The molecule has 0 fully saturated rings. The lowest BCUT2D eigenvalue weighted by Gasteiger charge is -2.05. The Bertz CT molecular complexity index is 527. The molecule has 0 unspecified atom stereocenters. The summed E-state index contributed by atoms with van der Waals surface area (Å²) in [5.74, 6) is -1.82. The fourth-order valence-electron chi connectivity index (χ4n) is 1.56. The fraction of sp³-hybridized carbons (Fsp3) is 0. The normalized spacial score (nSPS) is 10.4. The SMILES string of the molecule is OB(O)c1ccc(-c2cccc(F)c2F)cc1. The van der Waals surface area contributed by atoms with E-state index >= 15 is 0 Å². The van der Waals surface area contributed by atoms with Crippen molar-refractivity contribution in [3.8, 4) is 11.1 Å². The van der Waals surface area contributed by atoms with Crippen LogP contribution < -0.4 is 5.46 Å². The lowest BCUT2D eigenvalue weighted by atomic mass is 9.80. The molecular formula is C12H9BF2O2. The summed E-state index contributed by atoms with van der Waals surface area (Å²) in [4.78, 5) is 0. The highest BCUT2D eigenvalue weighted by atomic mass is 19.2. The topological polar surface area (TPSA) is 40.5 Å². The summed E-state index contributed by atoms with van der Waals surface area (Å²) in [6.07, 6.45) is 0. The first-order chi connectivity index (χ1) is 8.09. The number of halogens is 2. The third-order valence-corrected chi connectivity index (χ3v) is 2.47. The first-order valence-electron chi connectivity index (χ1n) is 5.00. The van der Waals surface area contributed by atoms with Crippen molar-refractivity contribution in [2.24, 2.45) is 0 Å². The minimum atomic E-state index is -1.57. The Morgan fingerprint density at radius 3 is 2.12 bits per heavy atom. The van der Waals surface area contributed by atoms with Crippen LogP contribution in [-0.2, 0) is 0 Å². The van der Waals surface area contributed by atoms with Crippen molar-refractivity contribution in [2.75, 3.05) is 0 Å². The predicted molar refractivity (Wildman–Crippen MR) is 61.6 cm³/mol. The molecule has 2 rings (SSSR count). The van der Waals surface area contributed by atoms with Gasteiger partial charge >= 0.3 is 7.12 Å². The maximum absolute atomic E-state index is 13.5. The van der Waals surface area contributed by atoms with Crippen LogP contribution in [0.3, 0.4) is 0 Å². The van der Waals surface area contributed by atoms with Crippen LogP contribution in [0.1, 0.15) is 0 Å². The quantitative estimate of drug-likeness (QED) is 0.769. The van der Waals surface area contributed by atoms with Crippen LogP contribution in [0.4, 0.5) is 8.78 Å². The van der Waals surface area contributed by atoms with Gasteiger partial charge in [-0.1, -0.05) is 36.4 Å². The van der Waals surface area contributed by atoms with Crippen molar-refractivity contribution in [2.45, 2.75) is 0 Å². The average molecular weight is 234 g/mol. The summed E-state index contributed by atoms with van der Waals surface area (Å²) in [5.41, 5.74) is 0.918. The zero-order valence-corrected chi connectivity index (χ0v) is 8.77. The van der Waals surface area contributed by atoms with E-state index in [0.29, 0.717) is 11.0 Å². The van der Waals surface area contributed by atoms with Gasteiger partial charge in [-0.2, -0.15) is 0 Å². The lowest BCUT2D eigenvalue weighted by Crippen LogP contribution is -2.29. The first-order valence-corrected chi connectivity index (χ1v) is 5.00. The zero-order valence-electron chi connectivity index (χ0n) is 8.77. The highest BCUT2D eigenvalue weighted by molar-refractivity contribution is 6.58. The molecule has 2 nitrogen and oxygen atoms in total. The summed E-state index contributed by atoms with van der Waals surface area (Å²) in [5, 5.41) is 17.8. The van der Waals surface area contributed by atoms with Gasteiger partial charge in [0.25, 0.3) is 0 Å². The molecule has 0 aromatic heterocycles. The highest BCUT2D eigenvalue weighted by Crippen LogP contribution is 2.23. The lowest BCUT2D eigenvalue weighted by molar-refractivity contribution is 0.426. The van der Waals surface area contributed by atoms with E-state index in [2.05, 4.69) is 0 Å². The molecule has 2 N–H and O–H groups in total. The fourth-order valence-corrected chi connectivity index (χ4v) is 1.56. The number of rotatable bonds is 2. The van der Waals surface area contributed by atoms with Gasteiger partial charge in [0.15, 0.2) is 11.6 Å². The Hall–Kier alpha value is -1.72. The van der Waals surface area contributed by atoms with Crippen molar-refractivity contribution in [1.29, 1.82) is 0 Å². The molecule has 0 radical (unpaired) electrons. The van der Waals surface area contributed by atoms with Crippen LogP contribution >= 0.6 is 0 Å². The molecule has 86 valence electrons. The van der Waals surface area contributed by atoms with Crippen LogP contribution in [0.2, 0.25) is 0 Å². The molecule has 0 bridgehead atoms. The van der Waals surface area contributed by atoms with Gasteiger partial charge in [-0.05, 0) is 17.1 Å². The molecule has 0 heterocycles. The van der Waals surface area contributed by atoms with Gasteiger partial charge < -0.3 is 10.0 Å². The largest absolute Gasteiger partial charge is 0.488 e. The van der Waals surface area contributed by atoms with Crippen LogP contribution in [0.5, 0.6) is 0 Å². The van der Waals surface area contributed by atoms with Gasteiger partial charge in [0.05, 0.1) is 0 Å². The predicted octanol–water partition coefficient (Wildman–Crippen LogP) is 1.31. The third kappa shape index (κ3) is 2.35. The van der Waals surface area contributed by atoms with E-state index in [1.165, 1.54) is 36.4 Å². The molecule has 0 aliphatic carbocycles. The van der Waals surface area contributed by atoms with Crippen LogP contribution in [0, 0.1) is 11.6 Å². The molecule has 17 heavy (non-hydrogen) atoms. The summed E-state index contributed by atoms with van der Waals surface area (Å²) >= 11 is 0. The van der Waals surface area contributed by atoms with Crippen LogP contribution in [0.25, 0.3) is 11.1 Å². The summed E-state index contributed by atoms with van der Waals surface area (Å²) in [6.45, 7) is 0. The molecule has 2 aromatic rings. The van der Waals surface area contributed by atoms with E-state index in [1.807, 2.05) is 0 Å². The molecule has 0 aliphatic rings. The smallest absolute Gasteiger partial charge is 0.423 e. The van der Waals surface area contributed by atoms with Gasteiger partial charge in [-0.15, -0.1) is 0 Å². The minimum absolute atomic E-state index is 0.143. The van der Waals surface area contributed by atoms with Crippen molar-refractivity contribution < 1.29 is 18.8 Å². The molecular weight excluding hydrogens is 225 g/mol. The summed E-state index contributed by atoms with van der Waals surface area (Å²) < 4.78 is 26.5. The Morgan fingerprint density at radius 1 is 0.882 bits per heavy atom. The van der Waals surface area contributed by atoms with E-state index in [-0.39, 0.29) is 5.56 Å². The van der Waals surface area contributed by atoms with Crippen LogP contribution in [-0.4, -0.2) is 17.2 Å². The monoisotopic (exact) mass is 234 g/mol. The van der Waals surface area contributed by atoms with Gasteiger partial charge in [0, 0.05) is 5.56 Å². The van der Waals surface area contributed by atoms with Crippen LogP contribution in [0.15, 0.2) is 42.5 Å². The first kappa shape index (κ1) is 11.8. The maximum atomic E-state index is 13.5. The number of benzene rings is 2. The van der Waals surface area contributed by atoms with Gasteiger partial charge in [-0.3, -0.25) is 0 Å². The summed E-state index contributed by atoms with van der Waals surface area (Å²) in [7, 11) is -1.57. The average Bonchev–Trinajstić information content (AvgIpc) is 2.33. The second-order valence-corrected chi connectivity index (χ2v) is 3.60. The van der Waals surface area contributed by atoms with E-state index in [0.717, 1.165) is 6.07 Å². The van der Waals surface area contributed by atoms with E-state index in [1.54, 1.807) is 0 Å². The van der Waals surface area contributed by atoms with Crippen molar-refractivity contribution >= 4 is 12.6 Å². The molecule has 2 aromatic carbocycles. The number of hydrogen-bond donors (Lipinski definition) is 2. The Balaban J connectivity index is 2.43. The van der Waals surface area contributed by atoms with Crippen molar-refractivity contribution in [1.82, 2.24) is 0 Å². The van der Waals surface area contributed by atoms with E-state index < -0.39 is 18.8 Å². The molecule has 0 aliphatic heterocycles. The third-order valence-electron chi connectivity index (χ3n) is 2.47. The molecule has 0 saturated carbocycles. The molecule has 0 spiro atoms. The second kappa shape index (κ2) is 4.65. The van der Waals surface area contributed by atoms with Crippen molar-refractivity contribution in [3.63, 3.8) is 0 Å². The molecule has 0 saturated heterocycles. The van der Waals surface area contributed by atoms with E-state index in [9.17, 15) is 8.78 Å². The maximum Gasteiger partial charge on any atom is 0.488 e. The molecule has 0 amide bonds. The molecule has 0 atom stereocenters. The zero-order chi connectivity index (χ0) is 12.4. The number of hydrogen-bond acceptors (Lipinski definition) is 2. The van der Waals surface area contributed by atoms with Gasteiger partial charge in [0.1, 0.15) is 0 Å². The standard InChI is InChI=1S/C12H9BF2O2/c14-11-3-1-2-10(12(11)15)8-4-6-9(7-5-8)13(16)17/h1-7,16-17H. The second-order valence-electron chi connectivity index (χ2n) is 3.60. The van der Waals surface area contributed by atoms with Gasteiger partial charge in [-0.25, -0.2) is 8.78 Å². The van der Waals surface area contributed by atoms with E-state index in [4.69, 9.17) is 10.0 Å². The Morgan fingerprint density at radius 2 is 1.53 bits per heavy atom.